The van der Waals surface area contributed by atoms with E-state index in [4.69, 9.17) is 51.8 Å². The van der Waals surface area contributed by atoms with Crippen LogP contribution in [0.4, 0.5) is 0 Å². The largest absolute Gasteiger partial charge is 0.298 e. The van der Waals surface area contributed by atoms with Gasteiger partial charge in [0.25, 0.3) is 0 Å². The van der Waals surface area contributed by atoms with Crippen LogP contribution in [0.5, 0.6) is 0 Å². The fourth-order valence-electron chi connectivity index (χ4n) is 0.845. The first-order valence-corrected chi connectivity index (χ1v) is 4.72. The molecule has 0 atom stereocenters. The monoisotopic (exact) mass is 267 g/mol. The van der Waals surface area contributed by atoms with E-state index in [0.717, 1.165) is 0 Å². The molecule has 0 saturated heterocycles. The van der Waals surface area contributed by atoms with Gasteiger partial charge < -0.3 is 0 Å². The van der Waals surface area contributed by atoms with Crippen LogP contribution in [0.15, 0.2) is 0 Å². The summed E-state index contributed by atoms with van der Waals surface area (Å²) in [5.74, 6) is 0. The molecule has 0 aliphatic heterocycles. The molecular weight excluding hydrogens is 268 g/mol. The molecule has 0 spiro atoms. The highest BCUT2D eigenvalue weighted by molar-refractivity contribution is 6.53. The second-order valence-corrected chi connectivity index (χ2v) is 3.74. The molecule has 14 heavy (non-hydrogen) atoms. The summed E-state index contributed by atoms with van der Waals surface area (Å²) in [4.78, 5) is 10.5. The summed E-state index contributed by atoms with van der Waals surface area (Å²) in [6, 6.07) is 0. The van der Waals surface area contributed by atoms with Crippen LogP contribution >= 0.6 is 46.4 Å². The van der Waals surface area contributed by atoms with E-state index >= 15 is 0 Å². The summed E-state index contributed by atoms with van der Waals surface area (Å²) >= 11 is 22.8. The normalized spacial score (nSPS) is 10.0. The van der Waals surface area contributed by atoms with Crippen LogP contribution in [-0.4, -0.2) is 12.5 Å². The van der Waals surface area contributed by atoms with E-state index in [1.807, 2.05) is 6.21 Å². The summed E-state index contributed by atoms with van der Waals surface area (Å²) in [7, 11) is 0. The van der Waals surface area contributed by atoms with Crippen LogP contribution in [0, 0.1) is 5.41 Å². The Hall–Kier alpha value is -0.280. The van der Waals surface area contributed by atoms with E-state index in [2.05, 4.69) is 0 Å². The molecule has 0 aliphatic carbocycles. The third-order valence-electron chi connectivity index (χ3n) is 1.49. The van der Waals surface area contributed by atoms with Crippen LogP contribution in [0.3, 0.4) is 0 Å². The van der Waals surface area contributed by atoms with Gasteiger partial charge in [-0.2, -0.15) is 0 Å². The number of nitrogens with one attached hydrogen (secondary N) is 1. The highest BCUT2D eigenvalue weighted by atomic mass is 35.5. The first kappa shape index (κ1) is 11.8. The number of benzene rings is 1. The first-order valence-electron chi connectivity index (χ1n) is 3.21. The lowest BCUT2D eigenvalue weighted by Crippen LogP contribution is -1.96. The van der Waals surface area contributed by atoms with Crippen LogP contribution in [0.25, 0.3) is 0 Å². The topological polar surface area (TPSA) is 40.9 Å². The second-order valence-electron chi connectivity index (χ2n) is 2.23. The molecule has 2 nitrogen and oxygen atoms in total. The molecule has 1 rings (SSSR count). The minimum atomic E-state index is -0.110. The minimum Gasteiger partial charge on any atom is -0.298 e. The van der Waals surface area contributed by atoms with Crippen LogP contribution < -0.4 is 0 Å². The predicted molar refractivity (Wildman–Crippen MR) is 58.1 cm³/mol. The zero-order valence-electron chi connectivity index (χ0n) is 6.42. The van der Waals surface area contributed by atoms with Crippen LogP contribution in [-0.2, 0) is 4.79 Å². The van der Waals surface area contributed by atoms with Gasteiger partial charge >= 0.3 is 0 Å². The standard InChI is InChI=1S/C8HCl4NO/c9-5-3(1-13)4(2-14)6(10)8(12)7(5)11/h13H. The molecule has 1 aromatic rings. The Morgan fingerprint density at radius 3 is 1.64 bits per heavy atom. The maximum absolute atomic E-state index is 10.5. The van der Waals surface area contributed by atoms with Gasteiger partial charge in [-0.25, -0.2) is 0 Å². The predicted octanol–water partition coefficient (Wildman–Crippen LogP) is 3.63. The van der Waals surface area contributed by atoms with E-state index in [0.29, 0.717) is 0 Å². The Balaban J connectivity index is 3.73. The number of halogens is 4. The van der Waals surface area contributed by atoms with Gasteiger partial charge in [-0.1, -0.05) is 46.4 Å². The molecule has 0 amide bonds. The van der Waals surface area contributed by atoms with Crippen molar-refractivity contribution in [2.24, 2.45) is 0 Å². The van der Waals surface area contributed by atoms with Gasteiger partial charge in [0.2, 0.25) is 6.29 Å². The Labute approximate surface area is 100 Å². The quantitative estimate of drug-likeness (QED) is 0.497. The molecule has 6 heteroatoms. The van der Waals surface area contributed by atoms with Crippen molar-refractivity contribution in [2.75, 3.05) is 0 Å². The average Bonchev–Trinajstić information content (AvgIpc) is 2.20. The molecule has 0 aromatic heterocycles. The van der Waals surface area contributed by atoms with Crippen molar-refractivity contribution < 1.29 is 4.79 Å². The van der Waals surface area contributed by atoms with Gasteiger partial charge in [0, 0.05) is 5.56 Å². The lowest BCUT2D eigenvalue weighted by atomic mass is 10.1. The van der Waals surface area contributed by atoms with Crippen molar-refractivity contribution >= 4 is 58.9 Å². The molecule has 0 heterocycles. The molecule has 72 valence electrons. The third-order valence-corrected chi connectivity index (χ3v) is 3.30. The van der Waals surface area contributed by atoms with Crippen molar-refractivity contribution in [1.82, 2.24) is 0 Å². The molecule has 2 radical (unpaired) electrons. The van der Waals surface area contributed by atoms with Gasteiger partial charge in [-0.15, -0.1) is 0 Å². The van der Waals surface area contributed by atoms with Gasteiger partial charge in [0.15, 0.2) is 0 Å². The van der Waals surface area contributed by atoms with Crippen molar-refractivity contribution in [2.45, 2.75) is 0 Å². The van der Waals surface area contributed by atoms with Crippen molar-refractivity contribution in [3.05, 3.63) is 31.2 Å². The van der Waals surface area contributed by atoms with Crippen molar-refractivity contribution in [1.29, 1.82) is 5.41 Å². The Bertz CT molecular complexity index is 378. The molecular formula is C8HCl4NO. The molecule has 0 fully saturated rings. The molecule has 0 aliphatic rings. The van der Waals surface area contributed by atoms with Gasteiger partial charge in [-0.3, -0.25) is 10.2 Å². The lowest BCUT2D eigenvalue weighted by molar-refractivity contribution is 0.562. The van der Waals surface area contributed by atoms with Crippen LogP contribution in [0.2, 0.25) is 20.1 Å². The SMILES string of the molecule is N=[C]c1c(Cl)c(Cl)c(Cl)c(Cl)c1[C]=O. The fraction of sp³-hybridized carbons (Fsp3) is 0. The lowest BCUT2D eigenvalue weighted by Gasteiger charge is -2.07. The number of carbonyl (C=O) groups excluding carboxylic acids is 1. The smallest absolute Gasteiger partial charge is 0.235 e. The Morgan fingerprint density at radius 1 is 0.857 bits per heavy atom. The highest BCUT2D eigenvalue weighted by Gasteiger charge is 2.19. The van der Waals surface area contributed by atoms with Crippen molar-refractivity contribution in [3.63, 3.8) is 0 Å². The van der Waals surface area contributed by atoms with E-state index in [9.17, 15) is 4.79 Å². The summed E-state index contributed by atoms with van der Waals surface area (Å²) in [5.41, 5.74) is -0.123. The summed E-state index contributed by atoms with van der Waals surface area (Å²) < 4.78 is 0. The highest BCUT2D eigenvalue weighted by Crippen LogP contribution is 2.40. The molecule has 0 bridgehead atoms. The Kier molecular flexibility index (Phi) is 3.78. The third kappa shape index (κ3) is 1.75. The number of rotatable bonds is 2. The minimum absolute atomic E-state index is 0.00733. The van der Waals surface area contributed by atoms with E-state index in [1.54, 1.807) is 0 Å². The van der Waals surface area contributed by atoms with Gasteiger partial charge in [0.05, 0.1) is 31.9 Å². The van der Waals surface area contributed by atoms with E-state index < -0.39 is 0 Å². The maximum atomic E-state index is 10.5. The summed E-state index contributed by atoms with van der Waals surface area (Å²) in [6.07, 6.45) is 3.48. The zero-order valence-corrected chi connectivity index (χ0v) is 9.44. The van der Waals surface area contributed by atoms with Gasteiger partial charge in [-0.05, 0) is 0 Å². The zero-order chi connectivity index (χ0) is 10.9. The summed E-state index contributed by atoms with van der Waals surface area (Å²) in [6.45, 7) is 0. The number of hydrogen-bond acceptors (Lipinski definition) is 2. The second kappa shape index (κ2) is 4.49. The first-order chi connectivity index (χ1) is 6.54. The van der Waals surface area contributed by atoms with E-state index in [1.165, 1.54) is 6.29 Å². The molecule has 1 aromatic carbocycles. The van der Waals surface area contributed by atoms with Crippen molar-refractivity contribution in [3.8, 4) is 0 Å². The Morgan fingerprint density at radius 2 is 1.29 bits per heavy atom. The number of hydrogen-bond donors (Lipinski definition) is 1. The average molecular weight is 269 g/mol. The van der Waals surface area contributed by atoms with Gasteiger partial charge in [0.1, 0.15) is 0 Å². The van der Waals surface area contributed by atoms with Crippen LogP contribution in [0.1, 0.15) is 11.1 Å². The molecule has 1 N–H and O–H groups in total. The van der Waals surface area contributed by atoms with E-state index in [-0.39, 0.29) is 31.2 Å². The molecule has 0 saturated carbocycles. The fourth-order valence-corrected chi connectivity index (χ4v) is 1.78. The summed E-state index contributed by atoms with van der Waals surface area (Å²) in [5, 5.41) is 6.77. The maximum Gasteiger partial charge on any atom is 0.235 e. The molecule has 0 unspecified atom stereocenters.